The van der Waals surface area contributed by atoms with Crippen molar-refractivity contribution in [3.63, 3.8) is 0 Å². The summed E-state index contributed by atoms with van der Waals surface area (Å²) < 4.78 is 0. The molecule has 5 heteroatoms. The van der Waals surface area contributed by atoms with Crippen molar-refractivity contribution < 1.29 is 4.79 Å². The van der Waals surface area contributed by atoms with Gasteiger partial charge in [0.05, 0.1) is 6.54 Å². The third-order valence-corrected chi connectivity index (χ3v) is 5.55. The summed E-state index contributed by atoms with van der Waals surface area (Å²) >= 11 is 7.92. The molecule has 0 saturated heterocycles. The molecule has 2 heterocycles. The number of thiophene rings is 1. The van der Waals surface area contributed by atoms with Crippen molar-refractivity contribution in [1.82, 2.24) is 10.2 Å². The minimum atomic E-state index is 0.0467. The molecule has 1 amide bonds. The maximum absolute atomic E-state index is 12.2. The van der Waals surface area contributed by atoms with Gasteiger partial charge in [0, 0.05) is 29.0 Å². The molecule has 1 aromatic heterocycles. The van der Waals surface area contributed by atoms with Crippen LogP contribution in [-0.4, -0.2) is 23.9 Å². The Morgan fingerprint density at radius 3 is 3.05 bits per heavy atom. The average Bonchev–Trinajstić information content (AvgIpc) is 2.99. The zero-order chi connectivity index (χ0) is 15.5. The van der Waals surface area contributed by atoms with E-state index in [2.05, 4.69) is 28.6 Å². The van der Waals surface area contributed by atoms with Gasteiger partial charge in [0.1, 0.15) is 0 Å². The molecule has 1 N–H and O–H groups in total. The van der Waals surface area contributed by atoms with E-state index < -0.39 is 0 Å². The highest BCUT2D eigenvalue weighted by Gasteiger charge is 2.25. The molecule has 0 aliphatic carbocycles. The lowest BCUT2D eigenvalue weighted by Gasteiger charge is -2.32. The van der Waals surface area contributed by atoms with Gasteiger partial charge in [0.15, 0.2) is 0 Å². The van der Waals surface area contributed by atoms with E-state index in [4.69, 9.17) is 11.6 Å². The smallest absolute Gasteiger partial charge is 0.234 e. The van der Waals surface area contributed by atoms with Gasteiger partial charge in [-0.25, -0.2) is 0 Å². The zero-order valence-corrected chi connectivity index (χ0v) is 14.1. The monoisotopic (exact) mass is 334 g/mol. The SMILES string of the molecule is C[C@H]1c2ccsc2CCN1CC(=O)NCc1ccccc1Cl. The molecule has 3 nitrogen and oxygen atoms in total. The van der Waals surface area contributed by atoms with E-state index in [1.54, 1.807) is 0 Å². The van der Waals surface area contributed by atoms with Crippen LogP contribution in [-0.2, 0) is 17.8 Å². The second kappa shape index (κ2) is 6.82. The molecular formula is C17H19ClN2OS. The molecule has 1 aromatic carbocycles. The second-order valence-corrected chi connectivity index (χ2v) is 6.97. The van der Waals surface area contributed by atoms with Crippen LogP contribution in [0.25, 0.3) is 0 Å². The summed E-state index contributed by atoms with van der Waals surface area (Å²) in [5.41, 5.74) is 2.32. The van der Waals surface area contributed by atoms with Gasteiger partial charge in [-0.15, -0.1) is 11.3 Å². The first kappa shape index (κ1) is 15.5. The maximum atomic E-state index is 12.2. The van der Waals surface area contributed by atoms with Crippen molar-refractivity contribution >= 4 is 28.8 Å². The number of benzene rings is 1. The van der Waals surface area contributed by atoms with E-state index in [0.29, 0.717) is 24.2 Å². The average molecular weight is 335 g/mol. The molecule has 1 aliphatic rings. The van der Waals surface area contributed by atoms with E-state index in [1.165, 1.54) is 10.4 Å². The van der Waals surface area contributed by atoms with E-state index in [-0.39, 0.29) is 5.91 Å². The summed E-state index contributed by atoms with van der Waals surface area (Å²) in [7, 11) is 0. The normalized spacial score (nSPS) is 18.0. The third-order valence-electron chi connectivity index (χ3n) is 4.18. The first-order chi connectivity index (χ1) is 10.6. The number of rotatable bonds is 4. The predicted molar refractivity (Wildman–Crippen MR) is 91.3 cm³/mol. The molecule has 1 aliphatic heterocycles. The Morgan fingerprint density at radius 1 is 1.41 bits per heavy atom. The zero-order valence-electron chi connectivity index (χ0n) is 12.5. The van der Waals surface area contributed by atoms with E-state index in [0.717, 1.165) is 18.5 Å². The van der Waals surface area contributed by atoms with Crippen molar-refractivity contribution in [1.29, 1.82) is 0 Å². The van der Waals surface area contributed by atoms with Gasteiger partial charge < -0.3 is 5.32 Å². The lowest BCUT2D eigenvalue weighted by atomic mass is 10.0. The molecule has 116 valence electrons. The van der Waals surface area contributed by atoms with Gasteiger partial charge in [-0.2, -0.15) is 0 Å². The number of halogens is 1. The number of carbonyl (C=O) groups excluding carboxylic acids is 1. The largest absolute Gasteiger partial charge is 0.351 e. The first-order valence-corrected chi connectivity index (χ1v) is 8.71. The third kappa shape index (κ3) is 3.35. The highest BCUT2D eigenvalue weighted by molar-refractivity contribution is 7.10. The van der Waals surface area contributed by atoms with Gasteiger partial charge in [0.2, 0.25) is 5.91 Å². The van der Waals surface area contributed by atoms with Gasteiger partial charge in [0.25, 0.3) is 0 Å². The molecule has 0 unspecified atom stereocenters. The summed E-state index contributed by atoms with van der Waals surface area (Å²) in [6.07, 6.45) is 1.04. The Bertz CT molecular complexity index is 670. The quantitative estimate of drug-likeness (QED) is 0.925. The molecule has 0 saturated carbocycles. The van der Waals surface area contributed by atoms with Crippen LogP contribution in [0.1, 0.15) is 29.0 Å². The van der Waals surface area contributed by atoms with Gasteiger partial charge >= 0.3 is 0 Å². The lowest BCUT2D eigenvalue weighted by Crippen LogP contribution is -2.41. The summed E-state index contributed by atoms with van der Waals surface area (Å²) in [5.74, 6) is 0.0467. The van der Waals surface area contributed by atoms with E-state index in [1.807, 2.05) is 35.6 Å². The summed E-state index contributed by atoms with van der Waals surface area (Å²) in [4.78, 5) is 15.9. The predicted octanol–water partition coefficient (Wildman–Crippen LogP) is 3.64. The molecule has 0 spiro atoms. The van der Waals surface area contributed by atoms with Gasteiger partial charge in [-0.05, 0) is 42.0 Å². The fourth-order valence-electron chi connectivity index (χ4n) is 2.85. The molecular weight excluding hydrogens is 316 g/mol. The Labute approximate surface area is 139 Å². The van der Waals surface area contributed by atoms with Crippen LogP contribution >= 0.6 is 22.9 Å². The number of nitrogens with one attached hydrogen (secondary N) is 1. The minimum Gasteiger partial charge on any atom is -0.351 e. The standard InChI is InChI=1S/C17H19ClN2OS/c1-12-14-7-9-22-16(14)6-8-20(12)11-17(21)19-10-13-4-2-3-5-15(13)18/h2-5,7,9,12H,6,8,10-11H2,1H3,(H,19,21)/t12-/m0/s1. The fourth-order valence-corrected chi connectivity index (χ4v) is 4.02. The molecule has 0 bridgehead atoms. The molecule has 3 rings (SSSR count). The molecule has 0 radical (unpaired) electrons. The number of amides is 1. The molecule has 2 aromatic rings. The number of hydrogen-bond donors (Lipinski definition) is 1. The summed E-state index contributed by atoms with van der Waals surface area (Å²) in [6, 6.07) is 10.1. The summed E-state index contributed by atoms with van der Waals surface area (Å²) in [5, 5.41) is 5.80. The Kier molecular flexibility index (Phi) is 4.81. The van der Waals surface area contributed by atoms with Gasteiger partial charge in [-0.3, -0.25) is 9.69 Å². The van der Waals surface area contributed by atoms with Crippen LogP contribution in [0.3, 0.4) is 0 Å². The second-order valence-electron chi connectivity index (χ2n) is 5.56. The Morgan fingerprint density at radius 2 is 2.23 bits per heavy atom. The van der Waals surface area contributed by atoms with Crippen molar-refractivity contribution in [2.75, 3.05) is 13.1 Å². The van der Waals surface area contributed by atoms with Crippen LogP contribution in [0, 0.1) is 0 Å². The number of nitrogens with zero attached hydrogens (tertiary/aromatic N) is 1. The first-order valence-electron chi connectivity index (χ1n) is 7.45. The Hall–Kier alpha value is -1.36. The lowest BCUT2D eigenvalue weighted by molar-refractivity contribution is -0.123. The van der Waals surface area contributed by atoms with Gasteiger partial charge in [-0.1, -0.05) is 29.8 Å². The number of hydrogen-bond acceptors (Lipinski definition) is 3. The fraction of sp³-hybridized carbons (Fsp3) is 0.353. The molecule has 0 fully saturated rings. The maximum Gasteiger partial charge on any atom is 0.234 e. The minimum absolute atomic E-state index is 0.0467. The van der Waals surface area contributed by atoms with Crippen LogP contribution in [0.5, 0.6) is 0 Å². The summed E-state index contributed by atoms with van der Waals surface area (Å²) in [6.45, 7) is 4.02. The van der Waals surface area contributed by atoms with Crippen LogP contribution in [0.2, 0.25) is 5.02 Å². The molecule has 22 heavy (non-hydrogen) atoms. The van der Waals surface area contributed by atoms with Crippen LogP contribution in [0.15, 0.2) is 35.7 Å². The van der Waals surface area contributed by atoms with Crippen LogP contribution in [0.4, 0.5) is 0 Å². The van der Waals surface area contributed by atoms with E-state index in [9.17, 15) is 4.79 Å². The van der Waals surface area contributed by atoms with Crippen molar-refractivity contribution in [2.24, 2.45) is 0 Å². The highest BCUT2D eigenvalue weighted by atomic mass is 35.5. The topological polar surface area (TPSA) is 32.3 Å². The number of fused-ring (bicyclic) bond motifs is 1. The Balaban J connectivity index is 1.55. The van der Waals surface area contributed by atoms with Crippen molar-refractivity contribution in [3.8, 4) is 0 Å². The number of carbonyl (C=O) groups is 1. The van der Waals surface area contributed by atoms with E-state index >= 15 is 0 Å². The highest BCUT2D eigenvalue weighted by Crippen LogP contribution is 2.32. The van der Waals surface area contributed by atoms with Crippen molar-refractivity contribution in [3.05, 3.63) is 56.7 Å². The van der Waals surface area contributed by atoms with Crippen molar-refractivity contribution in [2.45, 2.75) is 25.9 Å². The molecule has 1 atom stereocenters. The van der Waals surface area contributed by atoms with Crippen LogP contribution < -0.4 is 5.32 Å².